The maximum Gasteiger partial charge on any atom is 0.200 e. The van der Waals surface area contributed by atoms with E-state index in [1.165, 1.54) is 5.56 Å². The lowest BCUT2D eigenvalue weighted by molar-refractivity contribution is -0.115. The van der Waals surface area contributed by atoms with Crippen LogP contribution >= 0.6 is 0 Å². The first-order valence-electron chi connectivity index (χ1n) is 10.4. The molecule has 1 aromatic rings. The van der Waals surface area contributed by atoms with Crippen LogP contribution in [0.25, 0.3) is 0 Å². The zero-order valence-electron chi connectivity index (χ0n) is 18.6. The van der Waals surface area contributed by atoms with Crippen molar-refractivity contribution in [3.05, 3.63) is 35.9 Å². The van der Waals surface area contributed by atoms with Gasteiger partial charge in [-0.05, 0) is 22.2 Å². The fourth-order valence-electron chi connectivity index (χ4n) is 4.49. The monoisotopic (exact) mass is 392 g/mol. The molecule has 0 saturated carbocycles. The minimum Gasteiger partial charge on any atom is -0.412 e. The van der Waals surface area contributed by atoms with Crippen LogP contribution in [0.4, 0.5) is 0 Å². The first-order valence-corrected chi connectivity index (χ1v) is 12.6. The van der Waals surface area contributed by atoms with Gasteiger partial charge in [0, 0.05) is 11.8 Å². The van der Waals surface area contributed by atoms with Gasteiger partial charge in [0.25, 0.3) is 0 Å². The van der Waals surface area contributed by atoms with Crippen molar-refractivity contribution >= 4 is 14.6 Å². The SMILES string of the molecule is CC(C)[Si](O[C@@H]([C@@H](C)C=O)[C@@H](C)COCc1ccccc1)(C(C)C)C(C)C. The fourth-order valence-corrected chi connectivity index (χ4v) is 10.2. The van der Waals surface area contributed by atoms with E-state index in [2.05, 4.69) is 60.6 Å². The number of hydrogen-bond donors (Lipinski definition) is 0. The largest absolute Gasteiger partial charge is 0.412 e. The summed E-state index contributed by atoms with van der Waals surface area (Å²) in [7, 11) is -2.05. The van der Waals surface area contributed by atoms with Gasteiger partial charge in [0.1, 0.15) is 6.29 Å². The number of aldehydes is 1. The standard InChI is InChI=1S/C23H40O3Si/c1-17(2)27(18(3)4,19(5)6)26-23(20(7)14-24)21(8)15-25-16-22-12-10-9-11-13-22/h9-14,17-21,23H,15-16H2,1-8H3/t20-,21-,23-/m0/s1. The molecule has 0 spiro atoms. The van der Waals surface area contributed by atoms with Crippen LogP contribution in [0.2, 0.25) is 16.6 Å². The van der Waals surface area contributed by atoms with Gasteiger partial charge in [-0.2, -0.15) is 0 Å². The summed E-state index contributed by atoms with van der Waals surface area (Å²) in [5, 5.41) is 0. The zero-order chi connectivity index (χ0) is 20.6. The minimum atomic E-state index is -2.05. The number of benzene rings is 1. The molecule has 0 aliphatic rings. The summed E-state index contributed by atoms with van der Waals surface area (Å²) in [4.78, 5) is 11.6. The van der Waals surface area contributed by atoms with Crippen molar-refractivity contribution in [1.29, 1.82) is 0 Å². The number of carbonyl (C=O) groups excluding carboxylic acids is 1. The molecular formula is C23H40O3Si. The van der Waals surface area contributed by atoms with Crippen LogP contribution in [0.1, 0.15) is 61.0 Å². The van der Waals surface area contributed by atoms with Gasteiger partial charge in [0.05, 0.1) is 19.3 Å². The van der Waals surface area contributed by atoms with Gasteiger partial charge in [0.15, 0.2) is 0 Å². The highest BCUT2D eigenvalue weighted by Gasteiger charge is 2.48. The molecule has 0 aromatic heterocycles. The molecule has 0 aliphatic heterocycles. The number of hydrogen-bond acceptors (Lipinski definition) is 3. The molecule has 27 heavy (non-hydrogen) atoms. The summed E-state index contributed by atoms with van der Waals surface area (Å²) in [5.74, 6) is 0.0282. The molecule has 0 bridgehead atoms. The first-order chi connectivity index (χ1) is 12.7. The Balaban J connectivity index is 2.91. The molecule has 0 unspecified atom stereocenters. The summed E-state index contributed by atoms with van der Waals surface area (Å²) in [6.07, 6.45) is 0.940. The third-order valence-electron chi connectivity index (χ3n) is 5.83. The van der Waals surface area contributed by atoms with Crippen LogP contribution in [0.15, 0.2) is 30.3 Å². The normalized spacial score (nSPS) is 16.0. The molecule has 0 amide bonds. The van der Waals surface area contributed by atoms with E-state index in [-0.39, 0.29) is 17.9 Å². The van der Waals surface area contributed by atoms with Crippen molar-refractivity contribution < 1.29 is 14.0 Å². The minimum absolute atomic E-state index is 0.0999. The van der Waals surface area contributed by atoms with Crippen LogP contribution in [0, 0.1) is 11.8 Å². The molecule has 0 heterocycles. The molecule has 1 rings (SSSR count). The molecule has 4 heteroatoms. The van der Waals surface area contributed by atoms with Crippen LogP contribution in [-0.2, 0) is 20.6 Å². The second-order valence-corrected chi connectivity index (χ2v) is 14.3. The van der Waals surface area contributed by atoms with Crippen molar-refractivity contribution in [2.45, 2.75) is 84.7 Å². The van der Waals surface area contributed by atoms with E-state index in [4.69, 9.17) is 9.16 Å². The van der Waals surface area contributed by atoms with Crippen LogP contribution in [-0.4, -0.2) is 27.3 Å². The Bertz CT molecular complexity index is 520. The smallest absolute Gasteiger partial charge is 0.200 e. The predicted molar refractivity (Wildman–Crippen MR) is 116 cm³/mol. The molecule has 3 nitrogen and oxygen atoms in total. The van der Waals surface area contributed by atoms with E-state index in [1.807, 2.05) is 25.1 Å². The average Bonchev–Trinajstić information content (AvgIpc) is 2.61. The lowest BCUT2D eigenvalue weighted by Gasteiger charge is -2.46. The van der Waals surface area contributed by atoms with Crippen molar-refractivity contribution in [3.63, 3.8) is 0 Å². The second-order valence-electron chi connectivity index (χ2n) is 8.87. The second kappa shape index (κ2) is 11.1. The van der Waals surface area contributed by atoms with Crippen molar-refractivity contribution in [2.75, 3.05) is 6.61 Å². The summed E-state index contributed by atoms with van der Waals surface area (Å²) in [6.45, 7) is 19.0. The molecule has 0 saturated heterocycles. The van der Waals surface area contributed by atoms with Gasteiger partial charge < -0.3 is 14.0 Å². The fraction of sp³-hybridized carbons (Fsp3) is 0.696. The molecule has 0 N–H and O–H groups in total. The van der Waals surface area contributed by atoms with E-state index >= 15 is 0 Å². The Morgan fingerprint density at radius 1 is 0.889 bits per heavy atom. The van der Waals surface area contributed by atoms with E-state index in [1.54, 1.807) is 0 Å². The Hall–Kier alpha value is -0.973. The zero-order valence-corrected chi connectivity index (χ0v) is 19.6. The summed E-state index contributed by atoms with van der Waals surface area (Å²) in [5.41, 5.74) is 2.66. The van der Waals surface area contributed by atoms with Crippen LogP contribution < -0.4 is 0 Å². The Labute approximate surface area is 168 Å². The highest BCUT2D eigenvalue weighted by atomic mass is 28.4. The first kappa shape index (κ1) is 24.1. The van der Waals surface area contributed by atoms with Gasteiger partial charge in [-0.25, -0.2) is 0 Å². The summed E-state index contributed by atoms with van der Waals surface area (Å²) < 4.78 is 12.9. The molecular weight excluding hydrogens is 352 g/mol. The average molecular weight is 393 g/mol. The van der Waals surface area contributed by atoms with E-state index in [0.717, 1.165) is 6.29 Å². The lowest BCUT2D eigenvalue weighted by Crippen LogP contribution is -2.53. The summed E-state index contributed by atoms with van der Waals surface area (Å²) in [6, 6.07) is 10.2. The highest BCUT2D eigenvalue weighted by molar-refractivity contribution is 6.77. The Morgan fingerprint density at radius 2 is 1.41 bits per heavy atom. The van der Waals surface area contributed by atoms with Crippen molar-refractivity contribution in [1.82, 2.24) is 0 Å². The van der Waals surface area contributed by atoms with Crippen molar-refractivity contribution in [2.24, 2.45) is 11.8 Å². The van der Waals surface area contributed by atoms with Crippen molar-refractivity contribution in [3.8, 4) is 0 Å². The van der Waals surface area contributed by atoms with Gasteiger partial charge in [-0.15, -0.1) is 0 Å². The molecule has 154 valence electrons. The van der Waals surface area contributed by atoms with Crippen LogP contribution in [0.5, 0.6) is 0 Å². The van der Waals surface area contributed by atoms with E-state index in [9.17, 15) is 4.79 Å². The summed E-state index contributed by atoms with van der Waals surface area (Å²) >= 11 is 0. The molecule has 1 aromatic carbocycles. The molecule has 3 atom stereocenters. The van der Waals surface area contributed by atoms with E-state index < -0.39 is 8.32 Å². The molecule has 0 fully saturated rings. The third-order valence-corrected chi connectivity index (χ3v) is 11.9. The Morgan fingerprint density at radius 3 is 1.85 bits per heavy atom. The van der Waals surface area contributed by atoms with Gasteiger partial charge >= 0.3 is 0 Å². The number of rotatable bonds is 12. The highest BCUT2D eigenvalue weighted by Crippen LogP contribution is 2.44. The van der Waals surface area contributed by atoms with Gasteiger partial charge in [0.2, 0.25) is 8.32 Å². The maximum absolute atomic E-state index is 11.6. The van der Waals surface area contributed by atoms with Gasteiger partial charge in [-0.1, -0.05) is 85.7 Å². The predicted octanol–water partition coefficient (Wildman–Crippen LogP) is 6.24. The lowest BCUT2D eigenvalue weighted by atomic mass is 9.95. The third kappa shape index (κ3) is 6.26. The number of ether oxygens (including phenoxy) is 1. The molecule has 0 radical (unpaired) electrons. The Kier molecular flexibility index (Phi) is 9.92. The molecule has 0 aliphatic carbocycles. The quantitative estimate of drug-likeness (QED) is 0.312. The maximum atomic E-state index is 11.6. The van der Waals surface area contributed by atoms with E-state index in [0.29, 0.717) is 29.8 Å². The van der Waals surface area contributed by atoms with Crippen LogP contribution in [0.3, 0.4) is 0 Å². The number of carbonyl (C=O) groups is 1. The van der Waals surface area contributed by atoms with Gasteiger partial charge in [-0.3, -0.25) is 0 Å². The topological polar surface area (TPSA) is 35.5 Å².